The van der Waals surface area contributed by atoms with Gasteiger partial charge in [0.2, 0.25) is 10.0 Å². The van der Waals surface area contributed by atoms with Crippen LogP contribution in [-0.4, -0.2) is 46.5 Å². The Labute approximate surface area is 103 Å². The van der Waals surface area contributed by atoms with Crippen molar-refractivity contribution in [1.29, 1.82) is 0 Å². The van der Waals surface area contributed by atoms with Crippen LogP contribution in [-0.2, 0) is 14.8 Å². The molecule has 0 radical (unpaired) electrons. The fourth-order valence-corrected chi connectivity index (χ4v) is 3.86. The number of hydrogen-bond acceptors (Lipinski definition) is 4. The second-order valence-electron chi connectivity index (χ2n) is 4.95. The van der Waals surface area contributed by atoms with Crippen molar-refractivity contribution in [1.82, 2.24) is 10.0 Å². The molecule has 0 amide bonds. The van der Waals surface area contributed by atoms with Gasteiger partial charge in [0.25, 0.3) is 0 Å². The van der Waals surface area contributed by atoms with Crippen LogP contribution in [0.3, 0.4) is 0 Å². The number of ether oxygens (including phenoxy) is 1. The minimum atomic E-state index is -3.19. The van der Waals surface area contributed by atoms with E-state index in [0.29, 0.717) is 25.7 Å². The van der Waals surface area contributed by atoms with Crippen molar-refractivity contribution in [2.24, 2.45) is 5.92 Å². The van der Waals surface area contributed by atoms with Crippen LogP contribution in [0.15, 0.2) is 0 Å². The third kappa shape index (κ3) is 3.91. The molecule has 5 nitrogen and oxygen atoms in total. The molecule has 2 fully saturated rings. The topological polar surface area (TPSA) is 67.4 Å². The number of hydrogen-bond donors (Lipinski definition) is 2. The Kier molecular flexibility index (Phi) is 4.78. The molecule has 0 aliphatic carbocycles. The number of sulfonamides is 1. The summed E-state index contributed by atoms with van der Waals surface area (Å²) in [6, 6.07) is 0. The van der Waals surface area contributed by atoms with Crippen LogP contribution in [0.4, 0.5) is 0 Å². The number of piperidine rings is 1. The van der Waals surface area contributed by atoms with Crippen molar-refractivity contribution in [2.75, 3.05) is 32.8 Å². The van der Waals surface area contributed by atoms with Crippen LogP contribution < -0.4 is 10.0 Å². The molecule has 2 unspecified atom stereocenters. The second-order valence-corrected chi connectivity index (χ2v) is 6.99. The van der Waals surface area contributed by atoms with Crippen molar-refractivity contribution in [3.05, 3.63) is 0 Å². The molecular formula is C11H22N2O3S. The van der Waals surface area contributed by atoms with Crippen LogP contribution >= 0.6 is 0 Å². The molecule has 6 heteroatoms. The van der Waals surface area contributed by atoms with Gasteiger partial charge in [-0.3, -0.25) is 0 Å². The summed E-state index contributed by atoms with van der Waals surface area (Å²) in [5.74, 6) is 0.433. The lowest BCUT2D eigenvalue weighted by Gasteiger charge is -2.26. The summed E-state index contributed by atoms with van der Waals surface area (Å²) in [4.78, 5) is 0. The monoisotopic (exact) mass is 262 g/mol. The summed E-state index contributed by atoms with van der Waals surface area (Å²) in [6.45, 7) is 3.58. The van der Waals surface area contributed by atoms with Gasteiger partial charge in [-0.2, -0.15) is 0 Å². The Bertz CT molecular complexity index is 320. The van der Waals surface area contributed by atoms with Gasteiger partial charge >= 0.3 is 0 Å². The molecule has 2 aliphatic heterocycles. The average Bonchev–Trinajstić information content (AvgIpc) is 2.39. The number of rotatable bonds is 4. The lowest BCUT2D eigenvalue weighted by molar-refractivity contribution is 0.0987. The van der Waals surface area contributed by atoms with E-state index < -0.39 is 10.0 Å². The molecule has 2 N–H and O–H groups in total. The fraction of sp³-hybridized carbons (Fsp3) is 1.00. The van der Waals surface area contributed by atoms with Crippen molar-refractivity contribution in [3.63, 3.8) is 0 Å². The van der Waals surface area contributed by atoms with E-state index in [2.05, 4.69) is 10.0 Å². The van der Waals surface area contributed by atoms with Gasteiger partial charge in [-0.25, -0.2) is 13.1 Å². The van der Waals surface area contributed by atoms with Crippen molar-refractivity contribution in [2.45, 2.75) is 30.9 Å². The summed E-state index contributed by atoms with van der Waals surface area (Å²) in [5, 5.41) is 2.94. The van der Waals surface area contributed by atoms with Crippen LogP contribution in [0.2, 0.25) is 0 Å². The number of nitrogens with one attached hydrogen (secondary N) is 2. The average molecular weight is 262 g/mol. The summed E-state index contributed by atoms with van der Waals surface area (Å²) in [5.41, 5.74) is 0. The highest BCUT2D eigenvalue weighted by atomic mass is 32.2. The Balaban J connectivity index is 1.79. The van der Waals surface area contributed by atoms with Crippen LogP contribution in [0.25, 0.3) is 0 Å². The maximum absolute atomic E-state index is 12.0. The van der Waals surface area contributed by atoms with Crippen LogP contribution in [0.5, 0.6) is 0 Å². The van der Waals surface area contributed by atoms with Crippen LogP contribution in [0.1, 0.15) is 25.7 Å². The van der Waals surface area contributed by atoms with Gasteiger partial charge in [0.05, 0.1) is 11.9 Å². The Morgan fingerprint density at radius 3 is 2.82 bits per heavy atom. The van der Waals surface area contributed by atoms with E-state index in [1.165, 1.54) is 0 Å². The van der Waals surface area contributed by atoms with Crippen molar-refractivity contribution >= 4 is 10.0 Å². The molecule has 0 aromatic carbocycles. The highest BCUT2D eigenvalue weighted by molar-refractivity contribution is 7.90. The molecule has 2 saturated heterocycles. The third-order valence-electron chi connectivity index (χ3n) is 3.53. The van der Waals surface area contributed by atoms with Gasteiger partial charge in [0.15, 0.2) is 0 Å². The first-order chi connectivity index (χ1) is 8.18. The Hall–Kier alpha value is -0.170. The molecule has 2 aliphatic rings. The molecule has 2 rings (SSSR count). The van der Waals surface area contributed by atoms with Gasteiger partial charge < -0.3 is 10.1 Å². The second kappa shape index (κ2) is 6.13. The summed E-state index contributed by atoms with van der Waals surface area (Å²) in [6.07, 6.45) is 3.81. The fourth-order valence-electron chi connectivity index (χ4n) is 2.41. The summed E-state index contributed by atoms with van der Waals surface area (Å²) in [7, 11) is -3.19. The van der Waals surface area contributed by atoms with E-state index in [0.717, 1.165) is 38.8 Å². The minimum Gasteiger partial charge on any atom is -0.380 e. The molecule has 0 bridgehead atoms. The first kappa shape index (κ1) is 13.3. The van der Waals surface area contributed by atoms with Crippen LogP contribution in [0, 0.1) is 5.92 Å². The molecule has 0 spiro atoms. The van der Waals surface area contributed by atoms with Crippen molar-refractivity contribution in [3.8, 4) is 0 Å². The van der Waals surface area contributed by atoms with E-state index in [1.54, 1.807) is 0 Å². The first-order valence-corrected chi connectivity index (χ1v) is 8.00. The zero-order valence-corrected chi connectivity index (χ0v) is 11.0. The van der Waals surface area contributed by atoms with E-state index in [4.69, 9.17) is 4.74 Å². The predicted octanol–water partition coefficient (Wildman–Crippen LogP) is 0.0844. The molecule has 0 saturated carbocycles. The van der Waals surface area contributed by atoms with E-state index in [1.807, 2.05) is 0 Å². The lowest BCUT2D eigenvalue weighted by Crippen LogP contribution is -2.43. The maximum Gasteiger partial charge on any atom is 0.216 e. The molecule has 2 heterocycles. The maximum atomic E-state index is 12.0. The molecule has 0 aromatic rings. The minimum absolute atomic E-state index is 0.345. The first-order valence-electron chi connectivity index (χ1n) is 6.45. The Morgan fingerprint density at radius 1 is 1.29 bits per heavy atom. The molecular weight excluding hydrogens is 240 g/mol. The predicted molar refractivity (Wildman–Crippen MR) is 66.4 cm³/mol. The summed E-state index contributed by atoms with van der Waals surface area (Å²) >= 11 is 0. The van der Waals surface area contributed by atoms with Gasteiger partial charge in [-0.1, -0.05) is 0 Å². The van der Waals surface area contributed by atoms with E-state index in [-0.39, 0.29) is 5.25 Å². The molecule has 17 heavy (non-hydrogen) atoms. The van der Waals surface area contributed by atoms with Gasteiger partial charge in [0, 0.05) is 13.2 Å². The highest BCUT2D eigenvalue weighted by Crippen LogP contribution is 2.15. The molecule has 0 aromatic heterocycles. The SMILES string of the molecule is O=S(=O)(NCC1CCCNC1)C1CCCOC1. The smallest absolute Gasteiger partial charge is 0.216 e. The van der Waals surface area contributed by atoms with Crippen molar-refractivity contribution < 1.29 is 13.2 Å². The normalized spacial score (nSPS) is 31.3. The van der Waals surface area contributed by atoms with Gasteiger partial charge in [0.1, 0.15) is 0 Å². The lowest BCUT2D eigenvalue weighted by atomic mass is 10.0. The van der Waals surface area contributed by atoms with E-state index >= 15 is 0 Å². The quantitative estimate of drug-likeness (QED) is 0.753. The molecule has 2 atom stereocenters. The third-order valence-corrected chi connectivity index (χ3v) is 5.35. The van der Waals surface area contributed by atoms with E-state index in [9.17, 15) is 8.42 Å². The van der Waals surface area contributed by atoms with Gasteiger partial charge in [-0.05, 0) is 44.7 Å². The zero-order valence-electron chi connectivity index (χ0n) is 10.2. The molecule has 100 valence electrons. The standard InChI is InChI=1S/C11H22N2O3S/c14-17(15,11-4-2-6-16-9-11)13-8-10-3-1-5-12-7-10/h10-13H,1-9H2. The Morgan fingerprint density at radius 2 is 2.18 bits per heavy atom. The largest absolute Gasteiger partial charge is 0.380 e. The summed E-state index contributed by atoms with van der Waals surface area (Å²) < 4.78 is 32.0. The zero-order chi connectivity index (χ0) is 12.1. The highest BCUT2D eigenvalue weighted by Gasteiger charge is 2.28. The van der Waals surface area contributed by atoms with Gasteiger partial charge in [-0.15, -0.1) is 0 Å².